The second-order valence-electron chi connectivity index (χ2n) is 3.51. The van der Waals surface area contributed by atoms with Gasteiger partial charge in [0.2, 0.25) is 0 Å². The highest BCUT2D eigenvalue weighted by Crippen LogP contribution is 2.12. The molecule has 98 valence electrons. The van der Waals surface area contributed by atoms with Crippen LogP contribution in [0.15, 0.2) is 28.7 Å². The molecule has 1 rings (SSSR count). The molecule has 0 aromatic heterocycles. The average molecular weight is 332 g/mol. The van der Waals surface area contributed by atoms with Crippen LogP contribution < -0.4 is 5.32 Å². The number of halogens is 1. The topological polar surface area (TPSA) is 55.4 Å². The van der Waals surface area contributed by atoms with Crippen LogP contribution in [0.25, 0.3) is 0 Å². The van der Waals surface area contributed by atoms with Gasteiger partial charge in [-0.3, -0.25) is 4.79 Å². The van der Waals surface area contributed by atoms with E-state index in [9.17, 15) is 9.59 Å². The minimum atomic E-state index is -0.628. The molecular weight excluding hydrogens is 318 g/mol. The molecule has 0 fully saturated rings. The molecule has 0 aliphatic rings. The molecule has 1 atom stereocenters. The number of nitrogens with one attached hydrogen (secondary N) is 1. The van der Waals surface area contributed by atoms with Gasteiger partial charge >= 0.3 is 5.97 Å². The van der Waals surface area contributed by atoms with Crippen molar-refractivity contribution in [3.63, 3.8) is 0 Å². The summed E-state index contributed by atoms with van der Waals surface area (Å²) in [6.07, 6.45) is 1.86. The number of benzene rings is 1. The Morgan fingerprint density at radius 1 is 1.50 bits per heavy atom. The van der Waals surface area contributed by atoms with E-state index in [0.717, 1.165) is 4.47 Å². The van der Waals surface area contributed by atoms with Gasteiger partial charge in [-0.15, -0.1) is 0 Å². The van der Waals surface area contributed by atoms with Crippen molar-refractivity contribution in [3.05, 3.63) is 34.3 Å². The molecule has 1 aromatic carbocycles. The standard InChI is InChI=1S/C12H14BrNO3S/c1-17-12(16)10(7-18-2)14-11(15)8-4-3-5-9(13)6-8/h3-6,10H,7H2,1-2H3,(H,14,15). The summed E-state index contributed by atoms with van der Waals surface area (Å²) in [4.78, 5) is 23.4. The number of esters is 1. The Bertz CT molecular complexity index is 439. The maximum absolute atomic E-state index is 12.0. The SMILES string of the molecule is COC(=O)C(CSC)NC(=O)c1cccc(Br)c1. The van der Waals surface area contributed by atoms with Crippen LogP contribution in [0.1, 0.15) is 10.4 Å². The second-order valence-corrected chi connectivity index (χ2v) is 5.34. The van der Waals surface area contributed by atoms with Gasteiger partial charge in [0.1, 0.15) is 6.04 Å². The largest absolute Gasteiger partial charge is 0.467 e. The smallest absolute Gasteiger partial charge is 0.329 e. The fraction of sp³-hybridized carbons (Fsp3) is 0.333. The van der Waals surface area contributed by atoms with Crippen LogP contribution >= 0.6 is 27.7 Å². The Kier molecular flexibility index (Phi) is 6.21. The molecule has 18 heavy (non-hydrogen) atoms. The van der Waals surface area contributed by atoms with Crippen molar-refractivity contribution in [1.82, 2.24) is 5.32 Å². The zero-order chi connectivity index (χ0) is 13.5. The minimum absolute atomic E-state index is 0.291. The number of hydrogen-bond donors (Lipinski definition) is 1. The zero-order valence-electron chi connectivity index (χ0n) is 10.1. The van der Waals surface area contributed by atoms with Crippen molar-refractivity contribution >= 4 is 39.6 Å². The van der Waals surface area contributed by atoms with E-state index in [1.54, 1.807) is 18.2 Å². The Morgan fingerprint density at radius 2 is 2.22 bits per heavy atom. The molecule has 4 nitrogen and oxygen atoms in total. The predicted molar refractivity (Wildman–Crippen MR) is 75.8 cm³/mol. The molecule has 6 heteroatoms. The molecule has 0 bridgehead atoms. The van der Waals surface area contributed by atoms with Gasteiger partial charge in [0.05, 0.1) is 7.11 Å². The third-order valence-electron chi connectivity index (χ3n) is 2.21. The van der Waals surface area contributed by atoms with E-state index in [2.05, 4.69) is 26.0 Å². The van der Waals surface area contributed by atoms with Crippen LogP contribution in [0.2, 0.25) is 0 Å². The van der Waals surface area contributed by atoms with Gasteiger partial charge in [0.15, 0.2) is 0 Å². The summed E-state index contributed by atoms with van der Waals surface area (Å²) in [6.45, 7) is 0. The zero-order valence-corrected chi connectivity index (χ0v) is 12.5. The van der Waals surface area contributed by atoms with Gasteiger partial charge in [-0.2, -0.15) is 11.8 Å². The summed E-state index contributed by atoms with van der Waals surface area (Å²) in [5.74, 6) is -0.250. The second kappa shape index (κ2) is 7.43. The first-order valence-corrected chi connectivity index (χ1v) is 7.40. The lowest BCUT2D eigenvalue weighted by Crippen LogP contribution is -2.43. The van der Waals surface area contributed by atoms with Crippen LogP contribution in [-0.2, 0) is 9.53 Å². The Morgan fingerprint density at radius 3 is 2.78 bits per heavy atom. The number of carbonyl (C=O) groups excluding carboxylic acids is 2. The molecule has 0 spiro atoms. The fourth-order valence-corrected chi connectivity index (χ4v) is 2.30. The molecular formula is C12H14BrNO3S. The number of hydrogen-bond acceptors (Lipinski definition) is 4. The number of thioether (sulfide) groups is 1. The van der Waals surface area contributed by atoms with Crippen molar-refractivity contribution < 1.29 is 14.3 Å². The Hall–Kier alpha value is -1.01. The van der Waals surface area contributed by atoms with Crippen LogP contribution in [0, 0.1) is 0 Å². The van der Waals surface area contributed by atoms with Gasteiger partial charge in [-0.05, 0) is 24.5 Å². The van der Waals surface area contributed by atoms with E-state index >= 15 is 0 Å². The van der Waals surface area contributed by atoms with Gasteiger partial charge < -0.3 is 10.1 Å². The lowest BCUT2D eigenvalue weighted by atomic mass is 10.2. The summed E-state index contributed by atoms with van der Waals surface area (Å²) in [6, 6.07) is 6.35. The van der Waals surface area contributed by atoms with E-state index in [4.69, 9.17) is 0 Å². The first-order valence-electron chi connectivity index (χ1n) is 5.21. The number of ether oxygens (including phenoxy) is 1. The van der Waals surface area contributed by atoms with Crippen molar-refractivity contribution in [2.75, 3.05) is 19.1 Å². The highest BCUT2D eigenvalue weighted by Gasteiger charge is 2.21. The normalized spacial score (nSPS) is 11.7. The molecule has 0 saturated heterocycles. The maximum Gasteiger partial charge on any atom is 0.329 e. The van der Waals surface area contributed by atoms with Crippen LogP contribution in [0.4, 0.5) is 0 Å². The third-order valence-corrected chi connectivity index (χ3v) is 3.37. The van der Waals surface area contributed by atoms with Crippen molar-refractivity contribution in [3.8, 4) is 0 Å². The summed E-state index contributed by atoms with van der Waals surface area (Å²) >= 11 is 4.76. The van der Waals surface area contributed by atoms with E-state index in [-0.39, 0.29) is 5.91 Å². The van der Waals surface area contributed by atoms with Crippen molar-refractivity contribution in [2.45, 2.75) is 6.04 Å². The third kappa shape index (κ3) is 4.34. The molecule has 1 amide bonds. The number of methoxy groups -OCH3 is 1. The predicted octanol–water partition coefficient (Wildman–Crippen LogP) is 2.08. The quantitative estimate of drug-likeness (QED) is 0.839. The van der Waals surface area contributed by atoms with Crippen molar-refractivity contribution in [2.24, 2.45) is 0 Å². The summed E-state index contributed by atoms with van der Waals surface area (Å²) < 4.78 is 5.46. The summed E-state index contributed by atoms with van der Waals surface area (Å²) in [5, 5.41) is 2.66. The van der Waals surface area contributed by atoms with Crippen LogP contribution in [-0.4, -0.2) is 37.0 Å². The number of carbonyl (C=O) groups is 2. The summed E-state index contributed by atoms with van der Waals surface area (Å²) in [7, 11) is 1.31. The number of rotatable bonds is 5. The van der Waals surface area contributed by atoms with E-state index < -0.39 is 12.0 Å². The molecule has 0 aliphatic carbocycles. The first kappa shape index (κ1) is 15.0. The van der Waals surface area contributed by atoms with Crippen LogP contribution in [0.3, 0.4) is 0 Å². The number of amides is 1. The van der Waals surface area contributed by atoms with E-state index in [1.165, 1.54) is 18.9 Å². The van der Waals surface area contributed by atoms with Gasteiger partial charge in [-0.25, -0.2) is 4.79 Å². The van der Waals surface area contributed by atoms with Crippen LogP contribution in [0.5, 0.6) is 0 Å². The molecule has 0 radical (unpaired) electrons. The first-order chi connectivity index (χ1) is 8.58. The van der Waals surface area contributed by atoms with E-state index in [0.29, 0.717) is 11.3 Å². The van der Waals surface area contributed by atoms with Gasteiger partial charge in [0, 0.05) is 15.8 Å². The molecule has 0 aliphatic heterocycles. The van der Waals surface area contributed by atoms with Gasteiger partial charge in [-0.1, -0.05) is 22.0 Å². The molecule has 1 unspecified atom stereocenters. The molecule has 1 N–H and O–H groups in total. The lowest BCUT2D eigenvalue weighted by Gasteiger charge is -2.15. The minimum Gasteiger partial charge on any atom is -0.467 e. The average Bonchev–Trinajstić information content (AvgIpc) is 2.37. The highest BCUT2D eigenvalue weighted by atomic mass is 79.9. The molecule has 1 aromatic rings. The van der Waals surface area contributed by atoms with Crippen molar-refractivity contribution in [1.29, 1.82) is 0 Å². The molecule has 0 heterocycles. The monoisotopic (exact) mass is 331 g/mol. The van der Waals surface area contributed by atoms with Gasteiger partial charge in [0.25, 0.3) is 5.91 Å². The Balaban J connectivity index is 2.75. The fourth-order valence-electron chi connectivity index (χ4n) is 1.35. The van der Waals surface area contributed by atoms with E-state index in [1.807, 2.05) is 12.3 Å². The summed E-state index contributed by atoms with van der Waals surface area (Å²) in [5.41, 5.74) is 0.499. The lowest BCUT2D eigenvalue weighted by molar-refractivity contribution is -0.142. The molecule has 0 saturated carbocycles. The highest BCUT2D eigenvalue weighted by molar-refractivity contribution is 9.10. The maximum atomic E-state index is 12.0. The Labute approximate surface area is 119 Å².